The number of fused-ring (bicyclic) bond motifs is 1. The molecule has 0 bridgehead atoms. The molecule has 1 aromatic carbocycles. The van der Waals surface area contributed by atoms with Gasteiger partial charge in [-0.25, -0.2) is 13.9 Å². The number of aromatic nitrogens is 3. The molecule has 2 aromatic heterocycles. The second-order valence-corrected chi connectivity index (χ2v) is 5.27. The molecule has 1 N–H and O–H groups in total. The van der Waals surface area contributed by atoms with Crippen LogP contribution in [0, 0.1) is 17.1 Å². The highest BCUT2D eigenvalue weighted by Crippen LogP contribution is 2.27. The Morgan fingerprint density at radius 3 is 2.73 bits per heavy atom. The van der Waals surface area contributed by atoms with Gasteiger partial charge in [-0.15, -0.1) is 0 Å². The Hall–Kier alpha value is -2.94. The Balaban J connectivity index is 2.47. The summed E-state index contributed by atoms with van der Waals surface area (Å²) in [5.41, 5.74) is 1.08. The Morgan fingerprint density at radius 1 is 1.36 bits per heavy atom. The van der Waals surface area contributed by atoms with E-state index in [0.717, 1.165) is 0 Å². The summed E-state index contributed by atoms with van der Waals surface area (Å²) < 4.78 is 15.4. The lowest BCUT2D eigenvalue weighted by Crippen LogP contribution is -2.22. The first-order valence-electron chi connectivity index (χ1n) is 6.83. The van der Waals surface area contributed by atoms with E-state index in [1.165, 1.54) is 16.8 Å². The highest BCUT2D eigenvalue weighted by atomic mass is 19.1. The highest BCUT2D eigenvalue weighted by molar-refractivity contribution is 5.68. The molecular weight excluding hydrogens is 283 g/mol. The van der Waals surface area contributed by atoms with E-state index in [4.69, 9.17) is 5.26 Å². The predicted octanol–water partition coefficient (Wildman–Crippen LogP) is 2.82. The summed E-state index contributed by atoms with van der Waals surface area (Å²) in [6, 6.07) is 8.15. The van der Waals surface area contributed by atoms with Gasteiger partial charge in [0.15, 0.2) is 5.65 Å². The number of H-pyrrole nitrogens is 1. The SMILES string of the molecule is CC(C)c1c(-c2ccccc2F)nc2c(C#N)c[nH]n2c1=O. The summed E-state index contributed by atoms with van der Waals surface area (Å²) in [6.07, 6.45) is 1.42. The fraction of sp³-hybridized carbons (Fsp3) is 0.188. The fourth-order valence-corrected chi connectivity index (χ4v) is 2.49. The van der Waals surface area contributed by atoms with Crippen LogP contribution in [0.3, 0.4) is 0 Å². The van der Waals surface area contributed by atoms with Crippen LogP contribution in [0.2, 0.25) is 0 Å². The normalized spacial score (nSPS) is 11.0. The van der Waals surface area contributed by atoms with Crippen molar-refractivity contribution in [2.45, 2.75) is 19.8 Å². The number of benzene rings is 1. The molecule has 2 heterocycles. The Morgan fingerprint density at radius 2 is 2.09 bits per heavy atom. The molecular formula is C16H13FN4O. The summed E-state index contributed by atoms with van der Waals surface area (Å²) in [7, 11) is 0. The monoisotopic (exact) mass is 296 g/mol. The average Bonchev–Trinajstić information content (AvgIpc) is 2.90. The van der Waals surface area contributed by atoms with Gasteiger partial charge >= 0.3 is 0 Å². The molecule has 0 fully saturated rings. The molecule has 0 saturated carbocycles. The lowest BCUT2D eigenvalue weighted by atomic mass is 9.98. The van der Waals surface area contributed by atoms with Crippen LogP contribution in [0.1, 0.15) is 30.9 Å². The van der Waals surface area contributed by atoms with Crippen molar-refractivity contribution in [1.82, 2.24) is 14.6 Å². The van der Waals surface area contributed by atoms with Crippen molar-refractivity contribution in [3.63, 3.8) is 0 Å². The first-order valence-corrected chi connectivity index (χ1v) is 6.83. The van der Waals surface area contributed by atoms with E-state index in [2.05, 4.69) is 10.1 Å². The Bertz CT molecular complexity index is 962. The van der Waals surface area contributed by atoms with E-state index >= 15 is 0 Å². The van der Waals surface area contributed by atoms with Crippen molar-refractivity contribution in [3.8, 4) is 17.3 Å². The largest absolute Gasteiger partial charge is 0.295 e. The van der Waals surface area contributed by atoms with Gasteiger partial charge in [-0.3, -0.25) is 9.89 Å². The topological polar surface area (TPSA) is 73.9 Å². The van der Waals surface area contributed by atoms with Crippen molar-refractivity contribution < 1.29 is 4.39 Å². The molecule has 0 saturated heterocycles. The molecule has 0 aliphatic heterocycles. The van der Waals surface area contributed by atoms with Gasteiger partial charge in [0.05, 0.1) is 5.69 Å². The third-order valence-electron chi connectivity index (χ3n) is 3.52. The summed E-state index contributed by atoms with van der Waals surface area (Å²) in [4.78, 5) is 17.1. The quantitative estimate of drug-likeness (QED) is 0.790. The number of rotatable bonds is 2. The van der Waals surface area contributed by atoms with Gasteiger partial charge in [-0.2, -0.15) is 5.26 Å². The van der Waals surface area contributed by atoms with E-state index in [0.29, 0.717) is 5.56 Å². The standard InChI is InChI=1S/C16H13FN4O/c1-9(2)13-14(11-5-3-4-6-12(11)17)20-15-10(7-18)8-19-21(15)16(13)22/h3-6,8-9,19H,1-2H3. The van der Waals surface area contributed by atoms with Crippen LogP contribution in [0.4, 0.5) is 4.39 Å². The van der Waals surface area contributed by atoms with Gasteiger partial charge in [-0.05, 0) is 18.1 Å². The molecule has 0 atom stereocenters. The van der Waals surface area contributed by atoms with Crippen LogP contribution < -0.4 is 5.56 Å². The van der Waals surface area contributed by atoms with Gasteiger partial charge < -0.3 is 0 Å². The minimum Gasteiger partial charge on any atom is -0.295 e. The summed E-state index contributed by atoms with van der Waals surface area (Å²) >= 11 is 0. The molecule has 0 amide bonds. The van der Waals surface area contributed by atoms with Crippen LogP contribution in [0.15, 0.2) is 35.3 Å². The van der Waals surface area contributed by atoms with Crippen LogP contribution in [-0.2, 0) is 0 Å². The molecule has 3 aromatic rings. The van der Waals surface area contributed by atoms with Gasteiger partial charge in [-0.1, -0.05) is 26.0 Å². The number of aromatic amines is 1. The highest BCUT2D eigenvalue weighted by Gasteiger charge is 2.21. The van der Waals surface area contributed by atoms with E-state index in [1.54, 1.807) is 18.2 Å². The maximum atomic E-state index is 14.1. The van der Waals surface area contributed by atoms with Crippen LogP contribution in [0.5, 0.6) is 0 Å². The lowest BCUT2D eigenvalue weighted by Gasteiger charge is -2.12. The van der Waals surface area contributed by atoms with Crippen molar-refractivity contribution in [2.24, 2.45) is 0 Å². The smallest absolute Gasteiger partial charge is 0.276 e. The van der Waals surface area contributed by atoms with E-state index in [-0.39, 0.29) is 33.9 Å². The minimum absolute atomic E-state index is 0.139. The number of hydrogen-bond donors (Lipinski definition) is 1. The second kappa shape index (κ2) is 5.11. The van der Waals surface area contributed by atoms with Crippen molar-refractivity contribution in [1.29, 1.82) is 5.26 Å². The zero-order chi connectivity index (χ0) is 15.9. The first kappa shape index (κ1) is 14.0. The Kier molecular flexibility index (Phi) is 3.26. The van der Waals surface area contributed by atoms with E-state index in [9.17, 15) is 9.18 Å². The van der Waals surface area contributed by atoms with E-state index < -0.39 is 5.82 Å². The molecule has 22 heavy (non-hydrogen) atoms. The van der Waals surface area contributed by atoms with Gasteiger partial charge in [0, 0.05) is 17.3 Å². The third-order valence-corrected chi connectivity index (χ3v) is 3.52. The number of hydrogen-bond acceptors (Lipinski definition) is 3. The molecule has 0 unspecified atom stereocenters. The van der Waals surface area contributed by atoms with Crippen LogP contribution in [-0.4, -0.2) is 14.6 Å². The van der Waals surface area contributed by atoms with Gasteiger partial charge in [0.2, 0.25) is 0 Å². The number of nitriles is 1. The molecule has 0 aliphatic rings. The van der Waals surface area contributed by atoms with Crippen molar-refractivity contribution >= 4 is 5.65 Å². The maximum Gasteiger partial charge on any atom is 0.276 e. The molecule has 0 aliphatic carbocycles. The first-order chi connectivity index (χ1) is 10.5. The molecule has 5 nitrogen and oxygen atoms in total. The predicted molar refractivity (Wildman–Crippen MR) is 80.0 cm³/mol. The number of halogens is 1. The minimum atomic E-state index is -0.449. The molecule has 110 valence electrons. The number of nitrogens with zero attached hydrogens (tertiary/aromatic N) is 3. The fourth-order valence-electron chi connectivity index (χ4n) is 2.49. The molecule has 6 heteroatoms. The van der Waals surface area contributed by atoms with Gasteiger partial charge in [0.1, 0.15) is 17.4 Å². The molecule has 0 radical (unpaired) electrons. The lowest BCUT2D eigenvalue weighted by molar-refractivity contribution is 0.630. The summed E-state index contributed by atoms with van der Waals surface area (Å²) in [5.74, 6) is -0.588. The van der Waals surface area contributed by atoms with Crippen LogP contribution >= 0.6 is 0 Å². The van der Waals surface area contributed by atoms with E-state index in [1.807, 2.05) is 19.9 Å². The summed E-state index contributed by atoms with van der Waals surface area (Å²) in [5, 5.41) is 11.8. The Labute approximate surface area is 125 Å². The number of nitrogens with one attached hydrogen (secondary N) is 1. The maximum absolute atomic E-state index is 14.1. The van der Waals surface area contributed by atoms with Crippen molar-refractivity contribution in [2.75, 3.05) is 0 Å². The zero-order valence-corrected chi connectivity index (χ0v) is 12.1. The summed E-state index contributed by atoms with van der Waals surface area (Å²) in [6.45, 7) is 3.70. The molecule has 3 rings (SSSR count). The van der Waals surface area contributed by atoms with Crippen LogP contribution in [0.25, 0.3) is 16.9 Å². The second-order valence-electron chi connectivity index (χ2n) is 5.27. The van der Waals surface area contributed by atoms with Crippen molar-refractivity contribution in [3.05, 3.63) is 57.8 Å². The third kappa shape index (κ3) is 1.99. The van der Waals surface area contributed by atoms with Gasteiger partial charge in [0.25, 0.3) is 5.56 Å². The average molecular weight is 296 g/mol. The zero-order valence-electron chi connectivity index (χ0n) is 12.1. The molecule has 0 spiro atoms.